The van der Waals surface area contributed by atoms with Crippen molar-refractivity contribution in [3.63, 3.8) is 0 Å². The van der Waals surface area contributed by atoms with Gasteiger partial charge in [-0.3, -0.25) is 20.5 Å². The Balaban J connectivity index is 1.09. The van der Waals surface area contributed by atoms with Gasteiger partial charge in [-0.15, -0.1) is 0 Å². The third-order valence-corrected chi connectivity index (χ3v) is 7.68. The van der Waals surface area contributed by atoms with Crippen molar-refractivity contribution < 1.29 is 19.1 Å². The van der Waals surface area contributed by atoms with E-state index in [1.54, 1.807) is 0 Å². The lowest BCUT2D eigenvalue weighted by Crippen LogP contribution is -2.35. The average Bonchev–Trinajstić information content (AvgIpc) is 3.68. The highest BCUT2D eigenvalue weighted by Gasteiger charge is 2.44. The Morgan fingerprint density at radius 3 is 2.94 bits per heavy atom. The van der Waals surface area contributed by atoms with E-state index in [1.165, 1.54) is 0 Å². The molecule has 3 N–H and O–H groups in total. The first-order chi connectivity index (χ1) is 17.1. The van der Waals surface area contributed by atoms with Crippen molar-refractivity contribution in [1.82, 2.24) is 25.6 Å². The number of furan rings is 1. The summed E-state index contributed by atoms with van der Waals surface area (Å²) in [6.45, 7) is 4.83. The highest BCUT2D eigenvalue weighted by atomic mass is 16.5. The Morgan fingerprint density at radius 2 is 2.14 bits per heavy atom. The van der Waals surface area contributed by atoms with E-state index >= 15 is 0 Å². The molecule has 9 heteroatoms. The van der Waals surface area contributed by atoms with E-state index in [0.29, 0.717) is 11.6 Å². The van der Waals surface area contributed by atoms with Crippen molar-refractivity contribution in [2.45, 2.75) is 31.8 Å². The summed E-state index contributed by atoms with van der Waals surface area (Å²) in [5, 5.41) is 10.3. The molecule has 5 heterocycles. The van der Waals surface area contributed by atoms with Gasteiger partial charge in [0.2, 0.25) is 11.8 Å². The minimum atomic E-state index is -0.399. The third kappa shape index (κ3) is 4.52. The van der Waals surface area contributed by atoms with Crippen LogP contribution in [0.25, 0.3) is 11.0 Å². The standard InChI is InChI=1S/C26H31N5O4/c32-14-25(33)31-10-7-26(17-31)6-9-30(16-26)13-19-15-34-23-11-20(2-3-21(19)23)35-24-4-1-18(12-27-24)22-5-8-28-29-22/h1-4,11-12,15,22,28-29,32H,5-10,13-14,16-17H2. The molecule has 0 bridgehead atoms. The molecule has 184 valence electrons. The minimum Gasteiger partial charge on any atom is -0.464 e. The van der Waals surface area contributed by atoms with Crippen LogP contribution < -0.4 is 15.6 Å². The predicted octanol–water partition coefficient (Wildman–Crippen LogP) is 2.58. The number of benzene rings is 1. The number of likely N-dealkylation sites (tertiary alicyclic amines) is 2. The van der Waals surface area contributed by atoms with Crippen LogP contribution in [-0.2, 0) is 11.3 Å². The summed E-state index contributed by atoms with van der Waals surface area (Å²) in [6.07, 6.45) is 6.82. The van der Waals surface area contributed by atoms with Crippen molar-refractivity contribution in [2.75, 3.05) is 39.3 Å². The number of pyridine rings is 1. The topological polar surface area (TPSA) is 103 Å². The average molecular weight is 478 g/mol. The molecule has 3 aromatic rings. The zero-order valence-electron chi connectivity index (χ0n) is 19.7. The second-order valence-corrected chi connectivity index (χ2v) is 10.0. The Labute approximate surface area is 204 Å². The Hall–Kier alpha value is -2.98. The Morgan fingerprint density at radius 1 is 1.23 bits per heavy atom. The molecular formula is C26H31N5O4. The van der Waals surface area contributed by atoms with Crippen LogP contribution in [0.1, 0.15) is 36.4 Å². The summed E-state index contributed by atoms with van der Waals surface area (Å²) in [6, 6.07) is 10.2. The van der Waals surface area contributed by atoms with E-state index in [0.717, 1.165) is 80.6 Å². The zero-order chi connectivity index (χ0) is 23.8. The predicted molar refractivity (Wildman–Crippen MR) is 130 cm³/mol. The number of hydrogen-bond acceptors (Lipinski definition) is 8. The molecular weight excluding hydrogens is 446 g/mol. The number of nitrogens with zero attached hydrogens (tertiary/aromatic N) is 3. The molecule has 3 saturated heterocycles. The SMILES string of the molecule is O=C(CO)N1CCC2(CCN(Cc3coc4cc(Oc5ccc(C6CCNN6)cn5)ccc34)C2)C1. The molecule has 3 fully saturated rings. The fourth-order valence-electron chi connectivity index (χ4n) is 5.75. The summed E-state index contributed by atoms with van der Waals surface area (Å²) in [7, 11) is 0. The first kappa shape index (κ1) is 22.5. The van der Waals surface area contributed by atoms with Gasteiger partial charge in [0, 0.05) is 73.5 Å². The quantitative estimate of drug-likeness (QED) is 0.498. The number of carbonyl (C=O) groups is 1. The molecule has 0 saturated carbocycles. The summed E-state index contributed by atoms with van der Waals surface area (Å²) in [4.78, 5) is 20.6. The summed E-state index contributed by atoms with van der Waals surface area (Å²) in [5.41, 5.74) is 9.63. The Bertz CT molecular complexity index is 1210. The first-order valence-electron chi connectivity index (χ1n) is 12.3. The second kappa shape index (κ2) is 9.23. The van der Waals surface area contributed by atoms with Crippen LogP contribution >= 0.6 is 0 Å². The highest BCUT2D eigenvalue weighted by Crippen LogP contribution is 2.40. The van der Waals surface area contributed by atoms with Gasteiger partial charge in [-0.2, -0.15) is 0 Å². The smallest absolute Gasteiger partial charge is 0.248 e. The van der Waals surface area contributed by atoms with Gasteiger partial charge in [0.1, 0.15) is 17.9 Å². The molecule has 1 amide bonds. The van der Waals surface area contributed by atoms with Crippen molar-refractivity contribution in [3.05, 3.63) is 53.9 Å². The van der Waals surface area contributed by atoms with E-state index in [4.69, 9.17) is 9.15 Å². The molecule has 0 radical (unpaired) electrons. The molecule has 6 rings (SSSR count). The van der Waals surface area contributed by atoms with Crippen molar-refractivity contribution in [1.29, 1.82) is 0 Å². The number of amides is 1. The minimum absolute atomic E-state index is 0.151. The molecule has 1 aromatic carbocycles. The van der Waals surface area contributed by atoms with Gasteiger partial charge < -0.3 is 19.2 Å². The highest BCUT2D eigenvalue weighted by molar-refractivity contribution is 5.82. The van der Waals surface area contributed by atoms with Gasteiger partial charge in [-0.25, -0.2) is 4.98 Å². The Kier molecular flexibility index (Phi) is 5.93. The van der Waals surface area contributed by atoms with E-state index in [-0.39, 0.29) is 17.4 Å². The van der Waals surface area contributed by atoms with Crippen LogP contribution in [0.2, 0.25) is 0 Å². The lowest BCUT2D eigenvalue weighted by Gasteiger charge is -2.24. The van der Waals surface area contributed by atoms with Crippen LogP contribution in [0.3, 0.4) is 0 Å². The number of rotatable bonds is 6. The fraction of sp³-hybridized carbons (Fsp3) is 0.462. The molecule has 2 aromatic heterocycles. The van der Waals surface area contributed by atoms with Gasteiger partial charge in [0.05, 0.1) is 6.26 Å². The number of nitrogens with one attached hydrogen (secondary N) is 2. The summed E-state index contributed by atoms with van der Waals surface area (Å²) in [5.74, 6) is 1.09. The number of aromatic nitrogens is 1. The fourth-order valence-corrected chi connectivity index (χ4v) is 5.75. The second-order valence-electron chi connectivity index (χ2n) is 10.0. The van der Waals surface area contributed by atoms with Crippen molar-refractivity contribution >= 4 is 16.9 Å². The molecule has 2 atom stereocenters. The summed E-state index contributed by atoms with van der Waals surface area (Å²) >= 11 is 0. The van der Waals surface area contributed by atoms with E-state index in [9.17, 15) is 9.90 Å². The first-order valence-corrected chi connectivity index (χ1v) is 12.3. The van der Waals surface area contributed by atoms with Gasteiger partial charge >= 0.3 is 0 Å². The zero-order valence-corrected chi connectivity index (χ0v) is 19.7. The number of hydrazine groups is 1. The molecule has 0 aliphatic carbocycles. The number of aliphatic hydroxyl groups excluding tert-OH is 1. The number of ether oxygens (including phenoxy) is 1. The van der Waals surface area contributed by atoms with Crippen LogP contribution in [0, 0.1) is 5.41 Å². The maximum absolute atomic E-state index is 11.9. The van der Waals surface area contributed by atoms with Gasteiger partial charge in [0.25, 0.3) is 0 Å². The molecule has 35 heavy (non-hydrogen) atoms. The van der Waals surface area contributed by atoms with Crippen LogP contribution in [0.5, 0.6) is 11.6 Å². The van der Waals surface area contributed by atoms with Gasteiger partial charge in [0.15, 0.2) is 0 Å². The molecule has 9 nitrogen and oxygen atoms in total. The van der Waals surface area contributed by atoms with E-state index < -0.39 is 6.61 Å². The largest absolute Gasteiger partial charge is 0.464 e. The molecule has 1 spiro atoms. The maximum atomic E-state index is 11.9. The van der Waals surface area contributed by atoms with Crippen molar-refractivity contribution in [3.8, 4) is 11.6 Å². The third-order valence-electron chi connectivity index (χ3n) is 7.68. The van der Waals surface area contributed by atoms with Gasteiger partial charge in [-0.05, 0) is 43.5 Å². The monoisotopic (exact) mass is 477 g/mol. The van der Waals surface area contributed by atoms with Crippen LogP contribution in [0.15, 0.2) is 47.2 Å². The number of carbonyl (C=O) groups excluding carboxylic acids is 1. The summed E-state index contributed by atoms with van der Waals surface area (Å²) < 4.78 is 11.9. The van der Waals surface area contributed by atoms with Crippen LogP contribution in [-0.4, -0.2) is 65.1 Å². The molecule has 2 unspecified atom stereocenters. The lowest BCUT2D eigenvalue weighted by atomic mass is 9.86. The van der Waals surface area contributed by atoms with E-state index in [1.807, 2.05) is 41.6 Å². The number of fused-ring (bicyclic) bond motifs is 1. The molecule has 3 aliphatic heterocycles. The van der Waals surface area contributed by atoms with Gasteiger partial charge in [-0.1, -0.05) is 6.07 Å². The van der Waals surface area contributed by atoms with Crippen molar-refractivity contribution in [2.24, 2.45) is 5.41 Å². The van der Waals surface area contributed by atoms with Crippen LogP contribution in [0.4, 0.5) is 0 Å². The maximum Gasteiger partial charge on any atom is 0.248 e. The lowest BCUT2D eigenvalue weighted by molar-refractivity contribution is -0.133. The number of aliphatic hydroxyl groups is 1. The number of hydrogen-bond donors (Lipinski definition) is 3. The molecule has 3 aliphatic rings. The normalized spacial score (nSPS) is 24.7. The van der Waals surface area contributed by atoms with E-state index in [2.05, 4.69) is 26.8 Å².